The average Bonchev–Trinajstić information content (AvgIpc) is 3.21. The van der Waals surface area contributed by atoms with Gasteiger partial charge in [-0.3, -0.25) is 0 Å². The van der Waals surface area contributed by atoms with E-state index in [-0.39, 0.29) is 0 Å². The molecule has 0 aliphatic heterocycles. The van der Waals surface area contributed by atoms with Crippen molar-refractivity contribution in [2.75, 3.05) is 0 Å². The van der Waals surface area contributed by atoms with E-state index in [9.17, 15) is 0 Å². The van der Waals surface area contributed by atoms with Gasteiger partial charge in [0.1, 0.15) is 0 Å². The average molecular weight is 352 g/mol. The van der Waals surface area contributed by atoms with E-state index in [0.29, 0.717) is 5.41 Å². The third-order valence-electron chi connectivity index (χ3n) is 8.69. The molecule has 1 N–H and O–H groups in total. The van der Waals surface area contributed by atoms with Crippen LogP contribution < -0.4 is 0 Å². The van der Waals surface area contributed by atoms with Gasteiger partial charge in [0.05, 0.1) is 0 Å². The van der Waals surface area contributed by atoms with Gasteiger partial charge < -0.3 is 4.98 Å². The molecule has 3 aliphatic carbocycles. The van der Waals surface area contributed by atoms with Crippen molar-refractivity contribution in [3.8, 4) is 0 Å². The first-order chi connectivity index (χ1) is 12.5. The molecule has 0 saturated heterocycles. The zero-order chi connectivity index (χ0) is 18.6. The molecule has 5 rings (SSSR count). The Balaban J connectivity index is 0.000000814. The number of aromatic nitrogens is 1. The Labute approximate surface area is 160 Å². The van der Waals surface area contributed by atoms with Crippen LogP contribution in [-0.4, -0.2) is 4.98 Å². The van der Waals surface area contributed by atoms with Crippen molar-refractivity contribution in [3.05, 3.63) is 35.5 Å². The molecule has 7 atom stereocenters. The highest BCUT2D eigenvalue weighted by Gasteiger charge is 2.57. The standard InChI is InChI=1S/C23H31N.C2H6/c1-13-11-20-19-6-5-16-17-9-10-24-21(17)8-7-18(16)22(19)14(2)12-23(20,4)15(13)3;1-2/h7-10,13-15,19-20,22,24H,5-6,11-12H2,1-4H3;1-2H3/t13?,14?,15?,19?,20?,22?,23-;/m1./s1. The first kappa shape index (κ1) is 18.1. The predicted octanol–water partition coefficient (Wildman–Crippen LogP) is 7.18. The van der Waals surface area contributed by atoms with Gasteiger partial charge in [0, 0.05) is 17.1 Å². The van der Waals surface area contributed by atoms with Crippen molar-refractivity contribution in [1.82, 2.24) is 4.98 Å². The molecule has 2 saturated carbocycles. The summed E-state index contributed by atoms with van der Waals surface area (Å²) in [6.45, 7) is 14.2. The largest absolute Gasteiger partial charge is 0.361 e. The van der Waals surface area contributed by atoms with E-state index >= 15 is 0 Å². The second-order valence-corrected chi connectivity index (χ2v) is 9.60. The highest BCUT2D eigenvalue weighted by atomic mass is 14.7. The molecule has 0 spiro atoms. The lowest BCUT2D eigenvalue weighted by atomic mass is 9.51. The number of H-pyrrole nitrogens is 1. The highest BCUT2D eigenvalue weighted by Crippen LogP contribution is 2.65. The molecule has 1 heteroatoms. The topological polar surface area (TPSA) is 15.8 Å². The number of hydrogen-bond acceptors (Lipinski definition) is 0. The Morgan fingerprint density at radius 3 is 2.58 bits per heavy atom. The van der Waals surface area contributed by atoms with Gasteiger partial charge in [-0.15, -0.1) is 0 Å². The zero-order valence-electron chi connectivity index (χ0n) is 17.6. The number of hydrogen-bond donors (Lipinski definition) is 1. The van der Waals surface area contributed by atoms with Crippen LogP contribution in [-0.2, 0) is 6.42 Å². The maximum atomic E-state index is 3.41. The van der Waals surface area contributed by atoms with Crippen LogP contribution in [0.25, 0.3) is 10.9 Å². The lowest BCUT2D eigenvalue weighted by Crippen LogP contribution is -2.45. The van der Waals surface area contributed by atoms with Crippen LogP contribution in [0, 0.1) is 35.0 Å². The van der Waals surface area contributed by atoms with Crippen molar-refractivity contribution >= 4 is 10.9 Å². The fraction of sp³-hybridized carbons (Fsp3) is 0.680. The zero-order valence-corrected chi connectivity index (χ0v) is 17.6. The number of aryl methyl sites for hydroxylation is 1. The molecule has 1 aromatic carbocycles. The second kappa shape index (κ2) is 6.43. The number of rotatable bonds is 0. The van der Waals surface area contributed by atoms with E-state index in [4.69, 9.17) is 0 Å². The minimum Gasteiger partial charge on any atom is -0.361 e. The Morgan fingerprint density at radius 1 is 1.04 bits per heavy atom. The molecule has 0 bridgehead atoms. The maximum Gasteiger partial charge on any atom is 0.0456 e. The SMILES string of the molecule is CC.CC1C[C@]2(C)C(C)C(C)CC2C2CCc3c(ccc4[nH]ccc34)C12. The molecule has 6 unspecified atom stereocenters. The maximum absolute atomic E-state index is 3.41. The summed E-state index contributed by atoms with van der Waals surface area (Å²) in [4.78, 5) is 3.41. The summed E-state index contributed by atoms with van der Waals surface area (Å²) in [6, 6.07) is 7.09. The third kappa shape index (κ3) is 2.35. The normalized spacial score (nSPS) is 41.0. The van der Waals surface area contributed by atoms with Crippen LogP contribution >= 0.6 is 0 Å². The molecular weight excluding hydrogens is 314 g/mol. The van der Waals surface area contributed by atoms with E-state index < -0.39 is 0 Å². The highest BCUT2D eigenvalue weighted by molar-refractivity contribution is 5.84. The fourth-order valence-electron chi connectivity index (χ4n) is 7.39. The minimum absolute atomic E-state index is 0.579. The summed E-state index contributed by atoms with van der Waals surface area (Å²) in [5.41, 5.74) is 5.25. The van der Waals surface area contributed by atoms with Gasteiger partial charge in [-0.2, -0.15) is 0 Å². The van der Waals surface area contributed by atoms with Gasteiger partial charge in [-0.25, -0.2) is 0 Å². The van der Waals surface area contributed by atoms with Gasteiger partial charge in [0.25, 0.3) is 0 Å². The molecule has 0 radical (unpaired) electrons. The third-order valence-corrected chi connectivity index (χ3v) is 8.69. The summed E-state index contributed by atoms with van der Waals surface area (Å²) in [6.07, 6.45) is 7.70. The van der Waals surface area contributed by atoms with E-state index in [1.165, 1.54) is 36.6 Å². The molecule has 0 amide bonds. The molecule has 26 heavy (non-hydrogen) atoms. The minimum atomic E-state index is 0.579. The summed E-state index contributed by atoms with van der Waals surface area (Å²) in [7, 11) is 0. The van der Waals surface area contributed by atoms with Gasteiger partial charge in [0.15, 0.2) is 0 Å². The molecule has 1 heterocycles. The smallest absolute Gasteiger partial charge is 0.0456 e. The van der Waals surface area contributed by atoms with Crippen molar-refractivity contribution in [2.45, 2.75) is 73.1 Å². The summed E-state index contributed by atoms with van der Waals surface area (Å²) in [5, 5.41) is 1.49. The van der Waals surface area contributed by atoms with Crippen molar-refractivity contribution < 1.29 is 0 Å². The Hall–Kier alpha value is -1.24. The van der Waals surface area contributed by atoms with E-state index in [1.54, 1.807) is 11.1 Å². The summed E-state index contributed by atoms with van der Waals surface area (Å²) < 4.78 is 0. The predicted molar refractivity (Wildman–Crippen MR) is 113 cm³/mol. The van der Waals surface area contributed by atoms with Crippen molar-refractivity contribution in [1.29, 1.82) is 0 Å². The molecule has 1 aromatic heterocycles. The first-order valence-corrected chi connectivity index (χ1v) is 11.1. The van der Waals surface area contributed by atoms with E-state index in [1.807, 2.05) is 13.8 Å². The van der Waals surface area contributed by atoms with Gasteiger partial charge in [-0.1, -0.05) is 47.6 Å². The van der Waals surface area contributed by atoms with Gasteiger partial charge in [-0.05, 0) is 89.9 Å². The lowest BCUT2D eigenvalue weighted by molar-refractivity contribution is -0.000117. The van der Waals surface area contributed by atoms with Crippen LogP contribution in [0.15, 0.2) is 24.4 Å². The number of fused-ring (bicyclic) bond motifs is 7. The molecular formula is C25H37N. The Morgan fingerprint density at radius 2 is 1.81 bits per heavy atom. The van der Waals surface area contributed by atoms with Crippen LogP contribution in [0.2, 0.25) is 0 Å². The second-order valence-electron chi connectivity index (χ2n) is 9.60. The monoisotopic (exact) mass is 351 g/mol. The van der Waals surface area contributed by atoms with Crippen LogP contribution in [0.3, 0.4) is 0 Å². The molecule has 3 aliphatic rings. The first-order valence-electron chi connectivity index (χ1n) is 11.1. The van der Waals surface area contributed by atoms with Gasteiger partial charge >= 0.3 is 0 Å². The quantitative estimate of drug-likeness (QED) is 0.517. The Bertz CT molecular complexity index is 787. The molecule has 2 aromatic rings. The van der Waals surface area contributed by atoms with E-state index in [0.717, 1.165) is 35.5 Å². The van der Waals surface area contributed by atoms with Crippen molar-refractivity contribution in [3.63, 3.8) is 0 Å². The van der Waals surface area contributed by atoms with Crippen LogP contribution in [0.4, 0.5) is 0 Å². The number of aromatic amines is 1. The molecule has 142 valence electrons. The summed E-state index contributed by atoms with van der Waals surface area (Å²) >= 11 is 0. The molecule has 1 nitrogen and oxygen atoms in total. The summed E-state index contributed by atoms with van der Waals surface area (Å²) in [5.74, 6) is 5.26. The van der Waals surface area contributed by atoms with E-state index in [2.05, 4.69) is 57.1 Å². The lowest BCUT2D eigenvalue weighted by Gasteiger charge is -2.53. The fourth-order valence-corrected chi connectivity index (χ4v) is 7.39. The number of benzene rings is 1. The van der Waals surface area contributed by atoms with Crippen molar-refractivity contribution in [2.24, 2.45) is 35.0 Å². The van der Waals surface area contributed by atoms with Gasteiger partial charge in [0.2, 0.25) is 0 Å². The van der Waals surface area contributed by atoms with Crippen LogP contribution in [0.5, 0.6) is 0 Å². The Kier molecular flexibility index (Phi) is 4.48. The number of nitrogens with one attached hydrogen (secondary N) is 1. The van der Waals surface area contributed by atoms with Crippen LogP contribution in [0.1, 0.15) is 77.8 Å². The molecule has 2 fully saturated rings.